The first-order chi connectivity index (χ1) is 8.41. The van der Waals surface area contributed by atoms with Crippen LogP contribution in [0.25, 0.3) is 0 Å². The summed E-state index contributed by atoms with van der Waals surface area (Å²) in [7, 11) is 1.88. The van der Waals surface area contributed by atoms with Crippen molar-refractivity contribution in [3.8, 4) is 11.6 Å². The molecule has 0 saturated carbocycles. The van der Waals surface area contributed by atoms with E-state index in [1.807, 2.05) is 34.7 Å². The predicted octanol–water partition coefficient (Wildman–Crippen LogP) is 2.89. The maximum Gasteiger partial charge on any atom is 0.242 e. The van der Waals surface area contributed by atoms with Gasteiger partial charge >= 0.3 is 0 Å². The number of halogens is 1. The number of ether oxygens (including phenoxy) is 1. The predicted molar refractivity (Wildman–Crippen MR) is 69.3 cm³/mol. The molecule has 0 aliphatic carbocycles. The van der Waals surface area contributed by atoms with E-state index in [1.54, 1.807) is 4.68 Å². The molecular formula is C12H15ClN4O. The lowest BCUT2D eigenvalue weighted by Crippen LogP contribution is -1.99. The van der Waals surface area contributed by atoms with Crippen molar-refractivity contribution in [2.75, 3.05) is 0 Å². The lowest BCUT2D eigenvalue weighted by Gasteiger charge is -2.09. The van der Waals surface area contributed by atoms with Crippen molar-refractivity contribution in [2.45, 2.75) is 27.7 Å². The molecule has 2 rings (SSSR count). The minimum atomic E-state index is 0.402. The van der Waals surface area contributed by atoms with Crippen LogP contribution >= 0.6 is 11.6 Å². The number of aryl methyl sites for hydroxylation is 2. The Bertz CT molecular complexity index is 607. The summed E-state index contributed by atoms with van der Waals surface area (Å²) >= 11 is 5.91. The Kier molecular flexibility index (Phi) is 3.26. The third-order valence-electron chi connectivity index (χ3n) is 3.06. The molecule has 0 unspecified atom stereocenters. The summed E-state index contributed by atoms with van der Waals surface area (Å²) in [6.07, 6.45) is 0. The molecule has 0 fully saturated rings. The fourth-order valence-corrected chi connectivity index (χ4v) is 1.83. The molecule has 0 radical (unpaired) electrons. The Balaban J connectivity index is 2.44. The summed E-state index contributed by atoms with van der Waals surface area (Å²) in [6, 6.07) is 0. The molecule has 0 N–H and O–H groups in total. The van der Waals surface area contributed by atoms with Crippen LogP contribution in [-0.4, -0.2) is 20.0 Å². The molecule has 0 atom stereocenters. The minimum Gasteiger partial charge on any atom is -0.433 e. The molecular weight excluding hydrogens is 252 g/mol. The van der Waals surface area contributed by atoms with E-state index >= 15 is 0 Å². The summed E-state index contributed by atoms with van der Waals surface area (Å²) in [5.74, 6) is 1.19. The highest BCUT2D eigenvalue weighted by Gasteiger charge is 2.15. The van der Waals surface area contributed by atoms with Crippen molar-refractivity contribution in [2.24, 2.45) is 7.05 Å². The van der Waals surface area contributed by atoms with Crippen LogP contribution in [0, 0.1) is 27.7 Å². The average molecular weight is 267 g/mol. The third-order valence-corrected chi connectivity index (χ3v) is 3.42. The molecule has 18 heavy (non-hydrogen) atoms. The quantitative estimate of drug-likeness (QED) is 0.839. The van der Waals surface area contributed by atoms with Crippen molar-refractivity contribution in [3.63, 3.8) is 0 Å². The van der Waals surface area contributed by atoms with Crippen molar-refractivity contribution in [1.82, 2.24) is 20.0 Å². The van der Waals surface area contributed by atoms with Gasteiger partial charge in [0.1, 0.15) is 5.69 Å². The van der Waals surface area contributed by atoms with Crippen LogP contribution in [0.15, 0.2) is 0 Å². The number of rotatable bonds is 2. The van der Waals surface area contributed by atoms with Gasteiger partial charge in [0.15, 0.2) is 10.9 Å². The lowest BCUT2D eigenvalue weighted by molar-refractivity contribution is 0.443. The molecule has 0 spiro atoms. The van der Waals surface area contributed by atoms with Crippen LogP contribution in [0.2, 0.25) is 5.15 Å². The van der Waals surface area contributed by atoms with Gasteiger partial charge in [0.25, 0.3) is 0 Å². The van der Waals surface area contributed by atoms with Gasteiger partial charge < -0.3 is 4.74 Å². The Labute approximate surface area is 111 Å². The summed E-state index contributed by atoms with van der Waals surface area (Å²) in [6.45, 7) is 7.64. The van der Waals surface area contributed by atoms with Crippen LogP contribution < -0.4 is 4.74 Å². The third kappa shape index (κ3) is 2.06. The monoisotopic (exact) mass is 266 g/mol. The van der Waals surface area contributed by atoms with Crippen molar-refractivity contribution in [1.29, 1.82) is 0 Å². The van der Waals surface area contributed by atoms with Crippen LogP contribution in [0.4, 0.5) is 0 Å². The van der Waals surface area contributed by atoms with E-state index in [1.165, 1.54) is 0 Å². The topological polar surface area (TPSA) is 52.8 Å². The maximum absolute atomic E-state index is 5.91. The zero-order valence-electron chi connectivity index (χ0n) is 11.1. The Morgan fingerprint density at radius 1 is 1.06 bits per heavy atom. The second kappa shape index (κ2) is 4.57. The number of aromatic nitrogens is 4. The van der Waals surface area contributed by atoms with Gasteiger partial charge in [0.05, 0.1) is 5.69 Å². The second-order valence-electron chi connectivity index (χ2n) is 4.27. The molecule has 0 bridgehead atoms. The molecule has 0 aliphatic rings. The highest BCUT2D eigenvalue weighted by atomic mass is 35.5. The normalized spacial score (nSPS) is 10.8. The van der Waals surface area contributed by atoms with Gasteiger partial charge in [0.2, 0.25) is 5.88 Å². The van der Waals surface area contributed by atoms with Gasteiger partial charge in [-0.25, -0.2) is 0 Å². The SMILES string of the molecule is Cc1nn(C)c(C)c1Oc1nnc(Cl)c(C)c1C. The standard InChI is InChI=1S/C12H15ClN4O/c1-6-7(2)12(15-14-11(6)13)18-10-8(3)16-17(5)9(10)4/h1-5H3. The van der Waals surface area contributed by atoms with Crippen LogP contribution in [0.1, 0.15) is 22.5 Å². The van der Waals surface area contributed by atoms with Gasteiger partial charge in [-0.2, -0.15) is 5.10 Å². The van der Waals surface area contributed by atoms with E-state index < -0.39 is 0 Å². The maximum atomic E-state index is 5.91. The number of nitrogens with zero attached hydrogens (tertiary/aromatic N) is 4. The molecule has 0 aromatic carbocycles. The van der Waals surface area contributed by atoms with Crippen molar-refractivity contribution < 1.29 is 4.74 Å². The van der Waals surface area contributed by atoms with E-state index in [-0.39, 0.29) is 0 Å². The van der Waals surface area contributed by atoms with Gasteiger partial charge in [-0.3, -0.25) is 4.68 Å². The molecule has 2 heterocycles. The summed E-state index contributed by atoms with van der Waals surface area (Å²) in [4.78, 5) is 0. The van der Waals surface area contributed by atoms with E-state index in [9.17, 15) is 0 Å². The Morgan fingerprint density at radius 3 is 2.28 bits per heavy atom. The molecule has 2 aromatic heterocycles. The van der Waals surface area contributed by atoms with E-state index in [2.05, 4.69) is 15.3 Å². The zero-order chi connectivity index (χ0) is 13.4. The second-order valence-corrected chi connectivity index (χ2v) is 4.63. The van der Waals surface area contributed by atoms with Gasteiger partial charge in [-0.15, -0.1) is 10.2 Å². The molecule has 0 amide bonds. The highest BCUT2D eigenvalue weighted by molar-refractivity contribution is 6.30. The minimum absolute atomic E-state index is 0.402. The smallest absolute Gasteiger partial charge is 0.242 e. The molecule has 6 heteroatoms. The van der Waals surface area contributed by atoms with Crippen molar-refractivity contribution in [3.05, 3.63) is 27.7 Å². The van der Waals surface area contributed by atoms with Gasteiger partial charge in [-0.05, 0) is 33.3 Å². The van der Waals surface area contributed by atoms with Crippen molar-refractivity contribution >= 4 is 11.6 Å². The lowest BCUT2D eigenvalue weighted by atomic mass is 10.2. The number of hydrogen-bond donors (Lipinski definition) is 0. The summed E-state index contributed by atoms with van der Waals surface area (Å²) < 4.78 is 7.59. The average Bonchev–Trinajstić information content (AvgIpc) is 2.56. The van der Waals surface area contributed by atoms with Crippen LogP contribution in [0.3, 0.4) is 0 Å². The van der Waals surface area contributed by atoms with Crippen LogP contribution in [-0.2, 0) is 7.05 Å². The molecule has 96 valence electrons. The molecule has 0 aliphatic heterocycles. The Morgan fingerprint density at radius 2 is 1.72 bits per heavy atom. The first-order valence-electron chi connectivity index (χ1n) is 5.59. The van der Waals surface area contributed by atoms with Gasteiger partial charge in [-0.1, -0.05) is 11.6 Å². The van der Waals surface area contributed by atoms with E-state index in [4.69, 9.17) is 16.3 Å². The molecule has 5 nitrogen and oxygen atoms in total. The van der Waals surface area contributed by atoms with Crippen LogP contribution in [0.5, 0.6) is 11.6 Å². The first-order valence-corrected chi connectivity index (χ1v) is 5.97. The zero-order valence-corrected chi connectivity index (χ0v) is 11.8. The first kappa shape index (κ1) is 12.8. The fourth-order valence-electron chi connectivity index (χ4n) is 1.65. The largest absolute Gasteiger partial charge is 0.433 e. The molecule has 2 aromatic rings. The summed E-state index contributed by atoms with van der Waals surface area (Å²) in [5.41, 5.74) is 3.53. The van der Waals surface area contributed by atoms with Gasteiger partial charge in [0, 0.05) is 12.6 Å². The number of hydrogen-bond acceptors (Lipinski definition) is 4. The summed E-state index contributed by atoms with van der Waals surface area (Å²) in [5, 5.41) is 12.5. The Hall–Kier alpha value is -1.62. The highest BCUT2D eigenvalue weighted by Crippen LogP contribution is 2.30. The fraction of sp³-hybridized carbons (Fsp3) is 0.417. The van der Waals surface area contributed by atoms with E-state index in [0.29, 0.717) is 11.0 Å². The molecule has 0 saturated heterocycles. The van der Waals surface area contributed by atoms with E-state index in [0.717, 1.165) is 28.3 Å².